The minimum absolute atomic E-state index is 0.142. The molecule has 2 aliphatic carbocycles. The molecular weight excluding hydrogens is 284 g/mol. The lowest BCUT2D eigenvalue weighted by molar-refractivity contribution is 0.0878. The van der Waals surface area contributed by atoms with E-state index in [2.05, 4.69) is 33.8 Å². The number of rotatable bonds is 4. The number of benzene rings is 1. The summed E-state index contributed by atoms with van der Waals surface area (Å²) in [7, 11) is 0. The first-order valence-corrected chi connectivity index (χ1v) is 9.17. The number of hydrogen-bond acceptors (Lipinski definition) is 2. The molecule has 0 radical (unpaired) electrons. The zero-order valence-corrected chi connectivity index (χ0v) is 14.8. The Morgan fingerprint density at radius 3 is 2.74 bits per heavy atom. The Labute approximate surface area is 139 Å². The van der Waals surface area contributed by atoms with E-state index in [0.717, 1.165) is 30.6 Å². The maximum absolute atomic E-state index is 10.7. The maximum Gasteiger partial charge on any atom is 0.128 e. The molecule has 0 saturated heterocycles. The van der Waals surface area contributed by atoms with Crippen molar-refractivity contribution in [2.45, 2.75) is 77.7 Å². The maximum atomic E-state index is 10.7. The molecule has 124 valence electrons. The summed E-state index contributed by atoms with van der Waals surface area (Å²) in [5.41, 5.74) is 5.30. The van der Waals surface area contributed by atoms with E-state index in [-0.39, 0.29) is 11.0 Å². The number of unbranched alkanes of at least 4 members (excludes halogenated alkanes) is 2. The molecule has 0 aromatic heterocycles. The molecule has 1 aliphatic heterocycles. The van der Waals surface area contributed by atoms with Crippen LogP contribution >= 0.6 is 0 Å². The number of phenols is 1. The van der Waals surface area contributed by atoms with Crippen LogP contribution in [0.2, 0.25) is 0 Å². The van der Waals surface area contributed by atoms with Gasteiger partial charge in [0.1, 0.15) is 17.1 Å². The second kappa shape index (κ2) is 4.78. The van der Waals surface area contributed by atoms with Gasteiger partial charge in [0.2, 0.25) is 0 Å². The Bertz CT molecular complexity index is 698. The van der Waals surface area contributed by atoms with Gasteiger partial charge >= 0.3 is 0 Å². The summed E-state index contributed by atoms with van der Waals surface area (Å²) in [6.45, 7) is 9.11. The van der Waals surface area contributed by atoms with E-state index in [9.17, 15) is 5.11 Å². The molecule has 0 spiro atoms. The normalized spacial score (nSPS) is 29.7. The Balaban J connectivity index is 1.76. The quantitative estimate of drug-likeness (QED) is 0.588. The summed E-state index contributed by atoms with van der Waals surface area (Å²) < 4.78 is 6.45. The Hall–Kier alpha value is -1.44. The molecular formula is C21H28O2. The van der Waals surface area contributed by atoms with E-state index in [1.165, 1.54) is 30.4 Å². The van der Waals surface area contributed by atoms with Crippen molar-refractivity contribution in [1.82, 2.24) is 0 Å². The lowest BCUT2D eigenvalue weighted by Crippen LogP contribution is -2.48. The average Bonchev–Trinajstić information content (AvgIpc) is 2.81. The van der Waals surface area contributed by atoms with Crippen molar-refractivity contribution in [3.05, 3.63) is 34.4 Å². The third-order valence-electron chi connectivity index (χ3n) is 6.41. The van der Waals surface area contributed by atoms with Crippen LogP contribution in [0.15, 0.2) is 23.3 Å². The number of ether oxygens (including phenoxy) is 1. The lowest BCUT2D eigenvalue weighted by atomic mass is 9.54. The largest absolute Gasteiger partial charge is 0.507 e. The number of phenolic OH excluding ortho intramolecular Hbond substituents is 1. The van der Waals surface area contributed by atoms with Crippen molar-refractivity contribution >= 4 is 0 Å². The van der Waals surface area contributed by atoms with E-state index in [0.29, 0.717) is 11.7 Å². The number of aryl methyl sites for hydroxylation is 1. The molecule has 0 unspecified atom stereocenters. The zero-order chi connectivity index (χ0) is 16.4. The summed E-state index contributed by atoms with van der Waals surface area (Å²) in [6, 6.07) is 4.17. The highest BCUT2D eigenvalue weighted by atomic mass is 16.5. The van der Waals surface area contributed by atoms with Gasteiger partial charge in [-0.1, -0.05) is 39.2 Å². The van der Waals surface area contributed by atoms with Crippen molar-refractivity contribution in [2.75, 3.05) is 0 Å². The fourth-order valence-electron chi connectivity index (χ4n) is 5.18. The van der Waals surface area contributed by atoms with Gasteiger partial charge in [0, 0.05) is 11.5 Å². The minimum atomic E-state index is -0.142. The first-order valence-electron chi connectivity index (χ1n) is 9.17. The Kier molecular flexibility index (Phi) is 3.14. The first kappa shape index (κ1) is 15.1. The summed E-state index contributed by atoms with van der Waals surface area (Å²) in [6.07, 6.45) is 6.89. The SMILES string of the molecule is CCCCCc1cc(O)c2c(c1)O[C@]1(C)CCC3=C1[C@@H]2C3(C)C. The van der Waals surface area contributed by atoms with Gasteiger partial charge in [0.05, 0.1) is 0 Å². The van der Waals surface area contributed by atoms with E-state index in [1.807, 2.05) is 6.07 Å². The predicted molar refractivity (Wildman–Crippen MR) is 93.2 cm³/mol. The molecule has 0 fully saturated rings. The van der Waals surface area contributed by atoms with Crippen molar-refractivity contribution < 1.29 is 9.84 Å². The average molecular weight is 312 g/mol. The van der Waals surface area contributed by atoms with E-state index < -0.39 is 0 Å². The van der Waals surface area contributed by atoms with Gasteiger partial charge in [-0.25, -0.2) is 0 Å². The van der Waals surface area contributed by atoms with E-state index in [4.69, 9.17) is 4.74 Å². The second-order valence-corrected chi connectivity index (χ2v) is 8.36. The van der Waals surface area contributed by atoms with Crippen LogP contribution < -0.4 is 4.74 Å². The van der Waals surface area contributed by atoms with Gasteiger partial charge < -0.3 is 9.84 Å². The molecule has 0 amide bonds. The summed E-state index contributed by atoms with van der Waals surface area (Å²) >= 11 is 0. The summed E-state index contributed by atoms with van der Waals surface area (Å²) in [5, 5.41) is 10.7. The van der Waals surface area contributed by atoms with Gasteiger partial charge in [-0.3, -0.25) is 0 Å². The summed E-state index contributed by atoms with van der Waals surface area (Å²) in [5.74, 6) is 1.70. The number of allylic oxidation sites excluding steroid dienone is 1. The monoisotopic (exact) mass is 312 g/mol. The Morgan fingerprint density at radius 2 is 2.00 bits per heavy atom. The highest BCUT2D eigenvalue weighted by Gasteiger charge is 2.61. The van der Waals surface area contributed by atoms with Gasteiger partial charge in [-0.15, -0.1) is 0 Å². The third-order valence-corrected chi connectivity index (χ3v) is 6.41. The van der Waals surface area contributed by atoms with Crippen LogP contribution in [0.4, 0.5) is 0 Å². The molecule has 0 saturated carbocycles. The number of hydrogen-bond donors (Lipinski definition) is 1. The molecule has 2 heteroatoms. The highest BCUT2D eigenvalue weighted by Crippen LogP contribution is 2.70. The Morgan fingerprint density at radius 1 is 1.22 bits per heavy atom. The summed E-state index contributed by atoms with van der Waals surface area (Å²) in [4.78, 5) is 0. The zero-order valence-electron chi connectivity index (χ0n) is 14.8. The molecule has 1 aromatic rings. The standard InChI is InChI=1S/C21H28O2/c1-5-6-7-8-13-11-15(22)17-16(12-13)23-21(4)10-9-14-18(21)19(17)20(14,2)3/h11-12,19,22H,5-10H2,1-4H3/t19-,21-/m1/s1. The fraction of sp³-hybridized carbons (Fsp3) is 0.619. The molecule has 1 heterocycles. The highest BCUT2D eigenvalue weighted by molar-refractivity contribution is 5.65. The van der Waals surface area contributed by atoms with E-state index in [1.54, 1.807) is 5.57 Å². The molecule has 1 N–H and O–H groups in total. The predicted octanol–water partition coefficient (Wildman–Crippen LogP) is 5.49. The number of aromatic hydroxyl groups is 1. The van der Waals surface area contributed by atoms with Crippen molar-refractivity contribution in [2.24, 2.45) is 5.41 Å². The van der Waals surface area contributed by atoms with Crippen LogP contribution in [-0.2, 0) is 6.42 Å². The molecule has 2 nitrogen and oxygen atoms in total. The topological polar surface area (TPSA) is 29.5 Å². The molecule has 3 aliphatic rings. The van der Waals surface area contributed by atoms with Gasteiger partial charge in [-0.2, -0.15) is 0 Å². The molecule has 1 aromatic carbocycles. The van der Waals surface area contributed by atoms with Crippen LogP contribution in [0.3, 0.4) is 0 Å². The van der Waals surface area contributed by atoms with Crippen LogP contribution in [0, 0.1) is 5.41 Å². The van der Waals surface area contributed by atoms with Crippen LogP contribution in [0.1, 0.15) is 76.8 Å². The molecule has 2 atom stereocenters. The van der Waals surface area contributed by atoms with Crippen LogP contribution in [-0.4, -0.2) is 10.7 Å². The van der Waals surface area contributed by atoms with Crippen LogP contribution in [0.25, 0.3) is 0 Å². The third kappa shape index (κ3) is 1.93. The second-order valence-electron chi connectivity index (χ2n) is 8.36. The van der Waals surface area contributed by atoms with Gasteiger partial charge in [0.15, 0.2) is 0 Å². The minimum Gasteiger partial charge on any atom is -0.507 e. The van der Waals surface area contributed by atoms with Crippen molar-refractivity contribution in [3.8, 4) is 11.5 Å². The smallest absolute Gasteiger partial charge is 0.128 e. The van der Waals surface area contributed by atoms with Gasteiger partial charge in [-0.05, 0) is 61.3 Å². The molecule has 0 bridgehead atoms. The molecule has 4 rings (SSSR count). The van der Waals surface area contributed by atoms with Crippen molar-refractivity contribution in [3.63, 3.8) is 0 Å². The van der Waals surface area contributed by atoms with E-state index >= 15 is 0 Å². The number of fused-ring (bicyclic) bond motifs is 2. The van der Waals surface area contributed by atoms with Gasteiger partial charge in [0.25, 0.3) is 0 Å². The van der Waals surface area contributed by atoms with Crippen LogP contribution in [0.5, 0.6) is 11.5 Å². The lowest BCUT2D eigenvalue weighted by Gasteiger charge is -2.54. The molecule has 23 heavy (non-hydrogen) atoms. The fourth-order valence-corrected chi connectivity index (χ4v) is 5.18. The first-order chi connectivity index (χ1) is 10.9. The van der Waals surface area contributed by atoms with Crippen molar-refractivity contribution in [1.29, 1.82) is 0 Å².